The normalized spacial score (nSPS) is 25.3. The van der Waals surface area contributed by atoms with Gasteiger partial charge in [-0.1, -0.05) is 6.07 Å². The van der Waals surface area contributed by atoms with Crippen molar-refractivity contribution in [3.63, 3.8) is 0 Å². The number of carbonyl (C=O) groups excluding carboxylic acids is 2. The summed E-state index contributed by atoms with van der Waals surface area (Å²) in [6.45, 7) is 2.11. The number of amides is 3. The Bertz CT molecular complexity index is 886. The molecule has 0 saturated carbocycles. The van der Waals surface area contributed by atoms with Crippen LogP contribution in [-0.2, 0) is 19.5 Å². The first-order valence-corrected chi connectivity index (χ1v) is 10.9. The molecule has 4 rings (SSSR count). The second-order valence-electron chi connectivity index (χ2n) is 7.50. The number of anilines is 1. The minimum Gasteiger partial charge on any atom is -0.317 e. The molecule has 2 atom stereocenters. The van der Waals surface area contributed by atoms with Gasteiger partial charge in [0.2, 0.25) is 5.91 Å². The van der Waals surface area contributed by atoms with Crippen molar-refractivity contribution >= 4 is 28.2 Å². The van der Waals surface area contributed by atoms with Crippen LogP contribution in [0.4, 0.5) is 10.6 Å². The van der Waals surface area contributed by atoms with E-state index in [0.29, 0.717) is 29.6 Å². The molecular formula is C17H23N5O6S. The predicted molar refractivity (Wildman–Crippen MR) is 101 cm³/mol. The molecule has 29 heavy (non-hydrogen) atoms. The number of carbonyl (C=O) groups is 2. The van der Waals surface area contributed by atoms with Crippen molar-refractivity contribution in [1.29, 1.82) is 0 Å². The fourth-order valence-corrected chi connectivity index (χ4v) is 4.58. The maximum atomic E-state index is 12.7. The monoisotopic (exact) mass is 425 g/mol. The van der Waals surface area contributed by atoms with E-state index in [-0.39, 0.29) is 6.54 Å². The number of hydrogen-bond donors (Lipinski definition) is 3. The maximum Gasteiger partial charge on any atom is 0.418 e. The average molecular weight is 425 g/mol. The van der Waals surface area contributed by atoms with E-state index in [4.69, 9.17) is 4.55 Å². The topological polar surface area (TPSA) is 141 Å². The van der Waals surface area contributed by atoms with Gasteiger partial charge < -0.3 is 15.5 Å². The Morgan fingerprint density at radius 2 is 2.00 bits per heavy atom. The average Bonchev–Trinajstić information content (AvgIpc) is 2.93. The first kappa shape index (κ1) is 20.0. The largest absolute Gasteiger partial charge is 0.418 e. The molecule has 4 heterocycles. The molecule has 3 amide bonds. The van der Waals surface area contributed by atoms with Gasteiger partial charge in [-0.05, 0) is 56.3 Å². The van der Waals surface area contributed by atoms with E-state index in [2.05, 4.69) is 19.9 Å². The summed E-state index contributed by atoms with van der Waals surface area (Å²) in [5.74, 6) is 0.458. The second kappa shape index (κ2) is 7.86. The molecule has 1 aromatic rings. The molecule has 3 fully saturated rings. The van der Waals surface area contributed by atoms with E-state index >= 15 is 0 Å². The highest BCUT2D eigenvalue weighted by Gasteiger charge is 2.49. The van der Waals surface area contributed by atoms with Crippen LogP contribution in [0.5, 0.6) is 0 Å². The third-order valence-electron chi connectivity index (χ3n) is 5.65. The molecule has 0 aromatic carbocycles. The van der Waals surface area contributed by atoms with Crippen LogP contribution < -0.4 is 10.6 Å². The SMILES string of the molecule is O=C(Nc1ccc(C2CCNCC2)cn1)[C@@H]1CC[C@@H]2CN1C(=O)N2OS(=O)(=O)O. The zero-order chi connectivity index (χ0) is 20.6. The molecule has 2 bridgehead atoms. The predicted octanol–water partition coefficient (Wildman–Crippen LogP) is 0.490. The van der Waals surface area contributed by atoms with E-state index in [1.165, 1.54) is 4.90 Å². The zero-order valence-electron chi connectivity index (χ0n) is 15.7. The Balaban J connectivity index is 1.39. The Kier molecular flexibility index (Phi) is 5.42. The van der Waals surface area contributed by atoms with Crippen molar-refractivity contribution in [2.24, 2.45) is 0 Å². The number of rotatable bonds is 5. The highest BCUT2D eigenvalue weighted by molar-refractivity contribution is 7.80. The van der Waals surface area contributed by atoms with Crippen LogP contribution in [0, 0.1) is 0 Å². The molecule has 11 nitrogen and oxygen atoms in total. The number of hydroxylamine groups is 2. The van der Waals surface area contributed by atoms with E-state index in [1.54, 1.807) is 12.3 Å². The van der Waals surface area contributed by atoms with Gasteiger partial charge in [0.05, 0.1) is 6.04 Å². The molecule has 1 aromatic heterocycles. The van der Waals surface area contributed by atoms with Gasteiger partial charge in [-0.3, -0.25) is 9.35 Å². The quantitative estimate of drug-likeness (QED) is 0.579. The lowest BCUT2D eigenvalue weighted by Gasteiger charge is -2.29. The summed E-state index contributed by atoms with van der Waals surface area (Å²) in [6.07, 6.45) is 4.59. The van der Waals surface area contributed by atoms with Gasteiger partial charge >= 0.3 is 16.4 Å². The lowest BCUT2D eigenvalue weighted by molar-refractivity contribution is -0.120. The smallest absolute Gasteiger partial charge is 0.317 e. The fraction of sp³-hybridized carbons (Fsp3) is 0.588. The summed E-state index contributed by atoms with van der Waals surface area (Å²) < 4.78 is 35.1. The number of aromatic nitrogens is 1. The van der Waals surface area contributed by atoms with Crippen LogP contribution in [0.1, 0.15) is 37.2 Å². The summed E-state index contributed by atoms with van der Waals surface area (Å²) in [6, 6.07) is 1.65. The molecule has 12 heteroatoms. The van der Waals surface area contributed by atoms with E-state index < -0.39 is 34.4 Å². The Morgan fingerprint density at radius 3 is 2.66 bits per heavy atom. The summed E-state index contributed by atoms with van der Waals surface area (Å²) in [5.41, 5.74) is 1.14. The molecule has 3 saturated heterocycles. The number of piperidine rings is 2. The van der Waals surface area contributed by atoms with E-state index in [9.17, 15) is 18.0 Å². The second-order valence-corrected chi connectivity index (χ2v) is 8.50. The summed E-state index contributed by atoms with van der Waals surface area (Å²) in [4.78, 5) is 30.7. The Morgan fingerprint density at radius 1 is 1.24 bits per heavy atom. The van der Waals surface area contributed by atoms with Gasteiger partial charge in [-0.15, -0.1) is 4.28 Å². The number of fused-ring (bicyclic) bond motifs is 2. The van der Waals surface area contributed by atoms with Crippen molar-refractivity contribution in [3.05, 3.63) is 23.9 Å². The Hall–Kier alpha value is -2.28. The molecule has 0 unspecified atom stereocenters. The zero-order valence-corrected chi connectivity index (χ0v) is 16.5. The third-order valence-corrected chi connectivity index (χ3v) is 6.00. The minimum absolute atomic E-state index is 0.147. The molecule has 3 aliphatic heterocycles. The molecule has 158 valence electrons. The first-order valence-electron chi connectivity index (χ1n) is 9.56. The van der Waals surface area contributed by atoms with Crippen LogP contribution in [0.25, 0.3) is 0 Å². The maximum absolute atomic E-state index is 12.7. The molecule has 3 aliphatic rings. The molecule has 3 N–H and O–H groups in total. The van der Waals surface area contributed by atoms with E-state index in [1.807, 2.05) is 6.07 Å². The standard InChI is InChI=1S/C17H23N5O6S/c23-16(20-15-4-1-12(9-19-15)11-5-7-18-8-6-11)14-3-2-13-10-21(14)17(24)22(13)28-29(25,26)27/h1,4,9,11,13-14,18H,2-3,5-8,10H2,(H,19,20,23)(H,25,26,27)/t13-,14+/m1/s1. The van der Waals surface area contributed by atoms with Crippen LogP contribution >= 0.6 is 0 Å². The minimum atomic E-state index is -4.81. The number of pyridine rings is 1. The van der Waals surface area contributed by atoms with Crippen molar-refractivity contribution in [3.8, 4) is 0 Å². The van der Waals surface area contributed by atoms with Gasteiger partial charge in [0.15, 0.2) is 0 Å². The summed E-state index contributed by atoms with van der Waals surface area (Å²) in [7, 11) is -4.81. The highest BCUT2D eigenvalue weighted by Crippen LogP contribution is 2.31. The van der Waals surface area contributed by atoms with Crippen molar-refractivity contribution in [2.45, 2.75) is 43.7 Å². The lowest BCUT2D eigenvalue weighted by Crippen LogP contribution is -2.47. The molecular weight excluding hydrogens is 402 g/mol. The van der Waals surface area contributed by atoms with Gasteiger partial charge in [-0.2, -0.15) is 13.5 Å². The first-order chi connectivity index (χ1) is 13.8. The van der Waals surface area contributed by atoms with Crippen molar-refractivity contribution in [2.75, 3.05) is 25.0 Å². The van der Waals surface area contributed by atoms with Crippen LogP contribution in [0.3, 0.4) is 0 Å². The Labute approximate surface area is 168 Å². The van der Waals surface area contributed by atoms with Crippen molar-refractivity contribution < 1.29 is 26.8 Å². The van der Waals surface area contributed by atoms with Crippen LogP contribution in [-0.4, -0.2) is 71.6 Å². The molecule has 0 spiro atoms. The highest BCUT2D eigenvalue weighted by atomic mass is 32.3. The van der Waals surface area contributed by atoms with Gasteiger partial charge in [0, 0.05) is 12.7 Å². The molecule has 0 radical (unpaired) electrons. The van der Waals surface area contributed by atoms with Crippen LogP contribution in [0.2, 0.25) is 0 Å². The number of hydrogen-bond acceptors (Lipinski definition) is 7. The van der Waals surface area contributed by atoms with Gasteiger partial charge in [-0.25, -0.2) is 9.78 Å². The van der Waals surface area contributed by atoms with Gasteiger partial charge in [0.25, 0.3) is 0 Å². The summed E-state index contributed by atoms with van der Waals surface area (Å²) >= 11 is 0. The third kappa shape index (κ3) is 4.34. The van der Waals surface area contributed by atoms with Crippen LogP contribution in [0.15, 0.2) is 18.3 Å². The lowest BCUT2D eigenvalue weighted by atomic mass is 9.91. The molecule has 0 aliphatic carbocycles. The van der Waals surface area contributed by atoms with Crippen molar-refractivity contribution in [1.82, 2.24) is 20.3 Å². The number of nitrogens with zero attached hydrogens (tertiary/aromatic N) is 3. The summed E-state index contributed by atoms with van der Waals surface area (Å²) in [5, 5.41) is 6.67. The van der Waals surface area contributed by atoms with Gasteiger partial charge in [0.1, 0.15) is 11.9 Å². The number of urea groups is 1. The number of nitrogens with one attached hydrogen (secondary N) is 2. The fourth-order valence-electron chi connectivity index (χ4n) is 4.19. The van der Waals surface area contributed by atoms with E-state index in [0.717, 1.165) is 31.5 Å².